The lowest BCUT2D eigenvalue weighted by Gasteiger charge is -2.21. The van der Waals surface area contributed by atoms with Crippen molar-refractivity contribution in [1.29, 1.82) is 0 Å². The molecule has 132 valence electrons. The van der Waals surface area contributed by atoms with Crippen molar-refractivity contribution < 1.29 is 9.47 Å². The Balaban J connectivity index is 2.33. The molecule has 3 aromatic rings. The minimum atomic E-state index is -0.242. The second-order valence-electron chi connectivity index (χ2n) is 5.18. The van der Waals surface area contributed by atoms with E-state index in [-0.39, 0.29) is 17.8 Å². The van der Waals surface area contributed by atoms with E-state index < -0.39 is 0 Å². The van der Waals surface area contributed by atoms with E-state index >= 15 is 0 Å². The Morgan fingerprint density at radius 1 is 1.16 bits per heavy atom. The Bertz CT molecular complexity index is 887. The molecule has 0 amide bonds. The molecule has 0 aliphatic rings. The molecule has 1 atom stereocenters. The summed E-state index contributed by atoms with van der Waals surface area (Å²) in [5.74, 6) is 0.947. The second-order valence-corrected chi connectivity index (χ2v) is 6.34. The van der Waals surface area contributed by atoms with Crippen molar-refractivity contribution in [3.8, 4) is 11.8 Å². The molecule has 0 aliphatic heterocycles. The van der Waals surface area contributed by atoms with Crippen molar-refractivity contribution in [3.63, 3.8) is 0 Å². The van der Waals surface area contributed by atoms with Crippen LogP contribution in [0.5, 0.6) is 11.8 Å². The Labute approximate surface area is 159 Å². The Kier molecular flexibility index (Phi) is 5.51. The lowest BCUT2D eigenvalue weighted by atomic mass is 10.0. The van der Waals surface area contributed by atoms with Crippen LogP contribution in [0.25, 0.3) is 11.0 Å². The molecule has 1 unspecified atom stereocenters. The van der Waals surface area contributed by atoms with E-state index in [1.54, 1.807) is 16.9 Å². The summed E-state index contributed by atoms with van der Waals surface area (Å²) in [6, 6.07) is 3.24. The average Bonchev–Trinajstić information content (AvgIpc) is 3.15. The third-order valence-corrected chi connectivity index (χ3v) is 4.79. The topological polar surface area (TPSA) is 62.1 Å². The van der Waals surface area contributed by atoms with Gasteiger partial charge in [0.05, 0.1) is 41.3 Å². The van der Waals surface area contributed by atoms with Gasteiger partial charge in [0.2, 0.25) is 0 Å². The van der Waals surface area contributed by atoms with E-state index in [2.05, 4.69) is 15.1 Å². The smallest absolute Gasteiger partial charge is 0.278 e. The molecular weight excluding hydrogens is 387 g/mol. The lowest BCUT2D eigenvalue weighted by molar-refractivity contribution is 0.334. The maximum absolute atomic E-state index is 6.53. The third-order valence-electron chi connectivity index (χ3n) is 3.77. The van der Waals surface area contributed by atoms with Gasteiger partial charge in [-0.1, -0.05) is 23.2 Å². The summed E-state index contributed by atoms with van der Waals surface area (Å²) in [4.78, 5) is 8.98. The number of ether oxygens (including phenoxy) is 2. The van der Waals surface area contributed by atoms with Crippen LogP contribution in [0.1, 0.15) is 18.0 Å². The number of hydrogen-bond acceptors (Lipinski definition) is 5. The van der Waals surface area contributed by atoms with Gasteiger partial charge in [-0.25, -0.2) is 9.97 Å². The molecular formula is C16H15Cl3N4O2. The van der Waals surface area contributed by atoms with Gasteiger partial charge in [-0.2, -0.15) is 5.10 Å². The molecule has 6 nitrogen and oxygen atoms in total. The van der Waals surface area contributed by atoms with Gasteiger partial charge in [-0.05, 0) is 18.6 Å². The summed E-state index contributed by atoms with van der Waals surface area (Å²) < 4.78 is 12.3. The summed E-state index contributed by atoms with van der Waals surface area (Å²) >= 11 is 18.9. The predicted molar refractivity (Wildman–Crippen MR) is 98.4 cm³/mol. The molecule has 1 aromatic carbocycles. The summed E-state index contributed by atoms with van der Waals surface area (Å²) in [7, 11) is 3.00. The van der Waals surface area contributed by atoms with Gasteiger partial charge >= 0.3 is 0 Å². The second kappa shape index (κ2) is 7.64. The summed E-state index contributed by atoms with van der Waals surface area (Å²) in [5, 5.41) is 5.08. The molecule has 0 aliphatic carbocycles. The summed E-state index contributed by atoms with van der Waals surface area (Å²) in [6.07, 6.45) is 4.13. The van der Waals surface area contributed by atoms with E-state index in [0.29, 0.717) is 38.9 Å². The predicted octanol–water partition coefficient (Wildman–Crippen LogP) is 4.37. The van der Waals surface area contributed by atoms with Crippen LogP contribution in [0, 0.1) is 0 Å². The number of fused-ring (bicyclic) bond motifs is 1. The minimum Gasteiger partial charge on any atom is -0.477 e. The minimum absolute atomic E-state index is 0.242. The maximum atomic E-state index is 6.53. The lowest BCUT2D eigenvalue weighted by Crippen LogP contribution is -2.14. The van der Waals surface area contributed by atoms with Crippen molar-refractivity contribution in [2.75, 3.05) is 20.1 Å². The molecule has 25 heavy (non-hydrogen) atoms. The normalized spacial score (nSPS) is 12.4. The highest BCUT2D eigenvalue weighted by molar-refractivity contribution is 6.43. The SMILES string of the molecule is COc1nc2cc(Cl)c(Cl)c(C(CCCl)n3cccn3)c2nc1OC. The Morgan fingerprint density at radius 2 is 1.88 bits per heavy atom. The van der Waals surface area contributed by atoms with Crippen molar-refractivity contribution in [3.05, 3.63) is 40.1 Å². The fourth-order valence-electron chi connectivity index (χ4n) is 2.68. The molecule has 0 bridgehead atoms. The molecule has 0 N–H and O–H groups in total. The number of aromatic nitrogens is 4. The highest BCUT2D eigenvalue weighted by atomic mass is 35.5. The molecule has 0 radical (unpaired) electrons. The van der Waals surface area contributed by atoms with Gasteiger partial charge in [0.1, 0.15) is 0 Å². The summed E-state index contributed by atoms with van der Waals surface area (Å²) in [5.41, 5.74) is 1.81. The first kappa shape index (κ1) is 18.0. The van der Waals surface area contributed by atoms with Crippen LogP contribution in [-0.4, -0.2) is 39.8 Å². The highest BCUT2D eigenvalue weighted by Gasteiger charge is 2.25. The van der Waals surface area contributed by atoms with Gasteiger partial charge < -0.3 is 9.47 Å². The third kappa shape index (κ3) is 3.34. The average molecular weight is 402 g/mol. The van der Waals surface area contributed by atoms with Gasteiger partial charge in [-0.15, -0.1) is 11.6 Å². The van der Waals surface area contributed by atoms with E-state index in [0.717, 1.165) is 0 Å². The van der Waals surface area contributed by atoms with Crippen LogP contribution < -0.4 is 9.47 Å². The van der Waals surface area contributed by atoms with Crippen LogP contribution in [0.2, 0.25) is 10.0 Å². The molecule has 0 fully saturated rings. The zero-order valence-electron chi connectivity index (χ0n) is 13.5. The van der Waals surface area contributed by atoms with Gasteiger partial charge in [0.25, 0.3) is 11.8 Å². The number of alkyl halides is 1. The zero-order valence-corrected chi connectivity index (χ0v) is 15.8. The standard InChI is InChI=1S/C16H15Cl3N4O2/c1-24-15-16(25-2)22-14-10(21-15)8-9(18)13(19)12(14)11(4-5-17)23-7-3-6-20-23/h3,6-8,11H,4-5H2,1-2H3. The van der Waals surface area contributed by atoms with Crippen LogP contribution in [0.3, 0.4) is 0 Å². The number of nitrogens with zero attached hydrogens (tertiary/aromatic N) is 4. The van der Waals surface area contributed by atoms with E-state index in [1.807, 2.05) is 12.3 Å². The van der Waals surface area contributed by atoms with Crippen LogP contribution in [0.4, 0.5) is 0 Å². The van der Waals surface area contributed by atoms with Crippen molar-refractivity contribution in [2.45, 2.75) is 12.5 Å². The first-order valence-corrected chi connectivity index (χ1v) is 8.72. The molecule has 0 spiro atoms. The van der Waals surface area contributed by atoms with Crippen LogP contribution in [-0.2, 0) is 0 Å². The van der Waals surface area contributed by atoms with Crippen LogP contribution in [0.15, 0.2) is 24.5 Å². The molecule has 2 heterocycles. The van der Waals surface area contributed by atoms with Crippen molar-refractivity contribution in [2.24, 2.45) is 0 Å². The first-order valence-electron chi connectivity index (χ1n) is 7.43. The Morgan fingerprint density at radius 3 is 2.48 bits per heavy atom. The largest absolute Gasteiger partial charge is 0.477 e. The molecule has 0 saturated carbocycles. The fraction of sp³-hybridized carbons (Fsp3) is 0.312. The van der Waals surface area contributed by atoms with E-state index in [1.165, 1.54) is 14.2 Å². The highest BCUT2D eigenvalue weighted by Crippen LogP contribution is 2.40. The van der Waals surface area contributed by atoms with Gasteiger partial charge in [0, 0.05) is 23.8 Å². The van der Waals surface area contributed by atoms with Crippen molar-refractivity contribution >= 4 is 45.8 Å². The Hall–Kier alpha value is -1.76. The zero-order chi connectivity index (χ0) is 18.0. The summed E-state index contributed by atoms with van der Waals surface area (Å²) in [6.45, 7) is 0. The van der Waals surface area contributed by atoms with Crippen molar-refractivity contribution in [1.82, 2.24) is 19.7 Å². The first-order chi connectivity index (χ1) is 12.1. The number of methoxy groups -OCH3 is 2. The fourth-order valence-corrected chi connectivity index (χ4v) is 3.36. The number of halogens is 3. The quantitative estimate of drug-likeness (QED) is 0.574. The molecule has 9 heteroatoms. The van der Waals surface area contributed by atoms with Crippen LogP contribution >= 0.6 is 34.8 Å². The van der Waals surface area contributed by atoms with E-state index in [9.17, 15) is 0 Å². The van der Waals surface area contributed by atoms with E-state index in [4.69, 9.17) is 44.3 Å². The maximum Gasteiger partial charge on any atom is 0.278 e. The molecule has 0 saturated heterocycles. The van der Waals surface area contributed by atoms with Gasteiger partial charge in [-0.3, -0.25) is 4.68 Å². The van der Waals surface area contributed by atoms with Gasteiger partial charge in [0.15, 0.2) is 0 Å². The molecule has 2 aromatic heterocycles. The number of benzene rings is 1. The molecule has 3 rings (SSSR count). The number of hydrogen-bond donors (Lipinski definition) is 0. The monoisotopic (exact) mass is 400 g/mol. The number of rotatable bonds is 6.